The van der Waals surface area contributed by atoms with Gasteiger partial charge in [-0.2, -0.15) is 0 Å². The third kappa shape index (κ3) is 2.97. The summed E-state index contributed by atoms with van der Waals surface area (Å²) < 4.78 is 1.29. The van der Waals surface area contributed by atoms with Gasteiger partial charge < -0.3 is 5.32 Å². The van der Waals surface area contributed by atoms with E-state index in [-0.39, 0.29) is 0 Å². The highest BCUT2D eigenvalue weighted by molar-refractivity contribution is 9.10. The standard InChI is InChI=1S/C16H22BrN/c17-16-8-4-3-7-14(16)15(11-18-13-9-10-13)12-5-1-2-6-12/h3-4,7-8,12-13,15,18H,1-2,5-6,9-11H2. The Balaban J connectivity index is 1.76. The normalized spacial score (nSPS) is 22.3. The van der Waals surface area contributed by atoms with Crippen LogP contribution in [0.3, 0.4) is 0 Å². The van der Waals surface area contributed by atoms with Crippen molar-refractivity contribution in [1.29, 1.82) is 0 Å². The fraction of sp³-hybridized carbons (Fsp3) is 0.625. The van der Waals surface area contributed by atoms with Crippen LogP contribution < -0.4 is 5.32 Å². The molecule has 98 valence electrons. The molecule has 0 radical (unpaired) electrons. The van der Waals surface area contributed by atoms with Crippen molar-refractivity contribution in [3.63, 3.8) is 0 Å². The van der Waals surface area contributed by atoms with Crippen molar-refractivity contribution in [1.82, 2.24) is 5.32 Å². The van der Waals surface area contributed by atoms with Crippen LogP contribution in [0.25, 0.3) is 0 Å². The zero-order valence-corrected chi connectivity index (χ0v) is 12.5. The first kappa shape index (κ1) is 12.7. The lowest BCUT2D eigenvalue weighted by Crippen LogP contribution is -2.27. The number of hydrogen-bond acceptors (Lipinski definition) is 1. The van der Waals surface area contributed by atoms with Gasteiger partial charge in [0.15, 0.2) is 0 Å². The minimum Gasteiger partial charge on any atom is -0.313 e. The highest BCUT2D eigenvalue weighted by atomic mass is 79.9. The Kier molecular flexibility index (Phi) is 4.05. The Hall–Kier alpha value is -0.340. The molecule has 1 aromatic carbocycles. The summed E-state index contributed by atoms with van der Waals surface area (Å²) in [7, 11) is 0. The van der Waals surface area contributed by atoms with Crippen LogP contribution >= 0.6 is 15.9 Å². The van der Waals surface area contributed by atoms with Gasteiger partial charge in [0.25, 0.3) is 0 Å². The van der Waals surface area contributed by atoms with Gasteiger partial charge in [0, 0.05) is 23.0 Å². The molecule has 2 fully saturated rings. The third-order valence-electron chi connectivity index (χ3n) is 4.48. The summed E-state index contributed by atoms with van der Waals surface area (Å²) in [5.41, 5.74) is 1.51. The Morgan fingerprint density at radius 1 is 1.11 bits per heavy atom. The maximum atomic E-state index is 3.74. The average Bonchev–Trinajstić information content (AvgIpc) is 3.05. The quantitative estimate of drug-likeness (QED) is 0.846. The molecule has 3 rings (SSSR count). The van der Waals surface area contributed by atoms with E-state index < -0.39 is 0 Å². The molecule has 18 heavy (non-hydrogen) atoms. The fourth-order valence-electron chi connectivity index (χ4n) is 3.25. The van der Waals surface area contributed by atoms with E-state index >= 15 is 0 Å². The summed E-state index contributed by atoms with van der Waals surface area (Å²) in [6.07, 6.45) is 8.45. The lowest BCUT2D eigenvalue weighted by Gasteiger charge is -2.25. The predicted molar refractivity (Wildman–Crippen MR) is 79.9 cm³/mol. The summed E-state index contributed by atoms with van der Waals surface area (Å²) in [5.74, 6) is 1.58. The maximum Gasteiger partial charge on any atom is 0.0210 e. The average molecular weight is 308 g/mol. The lowest BCUT2D eigenvalue weighted by atomic mass is 9.85. The molecule has 1 nitrogen and oxygen atoms in total. The van der Waals surface area contributed by atoms with Gasteiger partial charge in [-0.25, -0.2) is 0 Å². The first-order valence-electron chi connectivity index (χ1n) is 7.32. The monoisotopic (exact) mass is 307 g/mol. The van der Waals surface area contributed by atoms with Crippen molar-refractivity contribution in [3.05, 3.63) is 34.3 Å². The van der Waals surface area contributed by atoms with Gasteiger partial charge >= 0.3 is 0 Å². The summed E-state index contributed by atoms with van der Waals surface area (Å²) in [6, 6.07) is 9.61. The van der Waals surface area contributed by atoms with Crippen LogP contribution in [0.15, 0.2) is 28.7 Å². The zero-order valence-electron chi connectivity index (χ0n) is 10.9. The molecule has 0 heterocycles. The summed E-state index contributed by atoms with van der Waals surface area (Å²) in [5, 5.41) is 3.74. The number of benzene rings is 1. The maximum absolute atomic E-state index is 3.74. The Bertz CT molecular complexity index is 394. The van der Waals surface area contributed by atoms with Gasteiger partial charge in [-0.15, -0.1) is 0 Å². The molecule has 0 saturated heterocycles. The van der Waals surface area contributed by atoms with Crippen molar-refractivity contribution in [3.8, 4) is 0 Å². The van der Waals surface area contributed by atoms with Crippen LogP contribution in [-0.4, -0.2) is 12.6 Å². The summed E-state index contributed by atoms with van der Waals surface area (Å²) >= 11 is 3.74. The fourth-order valence-corrected chi connectivity index (χ4v) is 3.83. The van der Waals surface area contributed by atoms with Crippen molar-refractivity contribution in [2.75, 3.05) is 6.54 Å². The molecule has 2 saturated carbocycles. The molecular formula is C16H22BrN. The molecule has 0 amide bonds. The molecule has 1 atom stereocenters. The van der Waals surface area contributed by atoms with E-state index in [0.717, 1.165) is 18.5 Å². The van der Waals surface area contributed by atoms with Gasteiger partial charge in [0.2, 0.25) is 0 Å². The molecule has 2 aliphatic carbocycles. The molecule has 1 unspecified atom stereocenters. The smallest absolute Gasteiger partial charge is 0.0210 e. The Morgan fingerprint density at radius 2 is 1.83 bits per heavy atom. The predicted octanol–water partition coefficient (Wildman–Crippen LogP) is 4.47. The zero-order chi connectivity index (χ0) is 12.4. The third-order valence-corrected chi connectivity index (χ3v) is 5.20. The largest absolute Gasteiger partial charge is 0.313 e. The molecule has 0 bridgehead atoms. The van der Waals surface area contributed by atoms with Crippen LogP contribution in [0.1, 0.15) is 50.0 Å². The molecule has 1 aromatic rings. The van der Waals surface area contributed by atoms with E-state index in [1.165, 1.54) is 48.6 Å². The van der Waals surface area contributed by atoms with Gasteiger partial charge in [-0.05, 0) is 43.2 Å². The van der Waals surface area contributed by atoms with Crippen molar-refractivity contribution >= 4 is 15.9 Å². The van der Waals surface area contributed by atoms with E-state index in [2.05, 4.69) is 45.5 Å². The first-order chi connectivity index (χ1) is 8.84. The van der Waals surface area contributed by atoms with E-state index in [9.17, 15) is 0 Å². The van der Waals surface area contributed by atoms with Crippen molar-refractivity contribution in [2.45, 2.75) is 50.5 Å². The van der Waals surface area contributed by atoms with Crippen LogP contribution in [0.2, 0.25) is 0 Å². The van der Waals surface area contributed by atoms with Crippen LogP contribution in [0.5, 0.6) is 0 Å². The van der Waals surface area contributed by atoms with E-state index in [1.807, 2.05) is 0 Å². The number of halogens is 1. The second kappa shape index (κ2) is 5.75. The Labute approximate surface area is 118 Å². The topological polar surface area (TPSA) is 12.0 Å². The number of nitrogens with one attached hydrogen (secondary N) is 1. The van der Waals surface area contributed by atoms with Crippen molar-refractivity contribution in [2.24, 2.45) is 5.92 Å². The molecule has 0 aliphatic heterocycles. The second-order valence-corrected chi connectivity index (χ2v) is 6.71. The number of rotatable bonds is 5. The SMILES string of the molecule is Brc1ccccc1C(CNC1CC1)C1CCCC1. The van der Waals surface area contributed by atoms with Gasteiger partial charge in [-0.3, -0.25) is 0 Å². The molecule has 2 heteroatoms. The van der Waals surface area contributed by atoms with E-state index in [1.54, 1.807) is 0 Å². The van der Waals surface area contributed by atoms with Gasteiger partial charge in [0.05, 0.1) is 0 Å². The molecule has 1 N–H and O–H groups in total. The number of hydrogen-bond donors (Lipinski definition) is 1. The minimum atomic E-state index is 0.698. The van der Waals surface area contributed by atoms with Crippen LogP contribution in [-0.2, 0) is 0 Å². The molecule has 0 spiro atoms. The van der Waals surface area contributed by atoms with Gasteiger partial charge in [-0.1, -0.05) is 47.0 Å². The highest BCUT2D eigenvalue weighted by Crippen LogP contribution is 2.39. The highest BCUT2D eigenvalue weighted by Gasteiger charge is 2.29. The lowest BCUT2D eigenvalue weighted by molar-refractivity contribution is 0.409. The van der Waals surface area contributed by atoms with E-state index in [4.69, 9.17) is 0 Å². The second-order valence-electron chi connectivity index (χ2n) is 5.86. The van der Waals surface area contributed by atoms with Gasteiger partial charge in [0.1, 0.15) is 0 Å². The molecular weight excluding hydrogens is 286 g/mol. The molecule has 0 aromatic heterocycles. The Morgan fingerprint density at radius 3 is 2.50 bits per heavy atom. The van der Waals surface area contributed by atoms with Crippen LogP contribution in [0.4, 0.5) is 0 Å². The van der Waals surface area contributed by atoms with E-state index in [0.29, 0.717) is 5.92 Å². The summed E-state index contributed by atoms with van der Waals surface area (Å²) in [4.78, 5) is 0. The first-order valence-corrected chi connectivity index (χ1v) is 8.11. The summed E-state index contributed by atoms with van der Waals surface area (Å²) in [6.45, 7) is 1.16. The van der Waals surface area contributed by atoms with Crippen LogP contribution in [0, 0.1) is 5.92 Å². The molecule has 2 aliphatic rings. The van der Waals surface area contributed by atoms with Crippen molar-refractivity contribution < 1.29 is 0 Å². The minimum absolute atomic E-state index is 0.698.